The highest BCUT2D eigenvalue weighted by Gasteiger charge is 2.34. The lowest BCUT2D eigenvalue weighted by atomic mass is 9.82. The van der Waals surface area contributed by atoms with E-state index in [9.17, 15) is 4.79 Å². The van der Waals surface area contributed by atoms with Gasteiger partial charge in [0.05, 0.1) is 5.54 Å². The Labute approximate surface area is 131 Å². The molecule has 0 saturated heterocycles. The van der Waals surface area contributed by atoms with Crippen LogP contribution >= 0.6 is 24.0 Å². The average Bonchev–Trinajstić information content (AvgIpc) is 2.41. The van der Waals surface area contributed by atoms with Crippen LogP contribution in [-0.4, -0.2) is 18.0 Å². The lowest BCUT2D eigenvalue weighted by molar-refractivity contribution is -0.127. The minimum Gasteiger partial charge on any atom is -0.354 e. The smallest absolute Gasteiger partial charge is 0.240 e. The number of amides is 1. The molecule has 0 aliphatic heterocycles. The fourth-order valence-electron chi connectivity index (χ4n) is 2.60. The Morgan fingerprint density at radius 1 is 1.25 bits per heavy atom. The first kappa shape index (κ1) is 17.3. The highest BCUT2D eigenvalue weighted by Crippen LogP contribution is 2.26. The second-order valence-corrected chi connectivity index (χ2v) is 5.72. The zero-order chi connectivity index (χ0) is 13.7. The molecule has 112 valence electrons. The molecule has 0 bridgehead atoms. The largest absolute Gasteiger partial charge is 0.354 e. The fraction of sp³-hybridized carbons (Fsp3) is 0.533. The summed E-state index contributed by atoms with van der Waals surface area (Å²) in [4.78, 5) is 12.1. The quantitative estimate of drug-likeness (QED) is 0.896. The Balaban J connectivity index is 0.00000200. The van der Waals surface area contributed by atoms with E-state index in [4.69, 9.17) is 17.3 Å². The van der Waals surface area contributed by atoms with Crippen molar-refractivity contribution >= 4 is 29.9 Å². The van der Waals surface area contributed by atoms with Crippen LogP contribution in [0.5, 0.6) is 0 Å². The maximum atomic E-state index is 12.1. The molecule has 1 saturated carbocycles. The molecule has 20 heavy (non-hydrogen) atoms. The van der Waals surface area contributed by atoms with Gasteiger partial charge in [-0.05, 0) is 30.9 Å². The summed E-state index contributed by atoms with van der Waals surface area (Å²) in [5, 5.41) is 3.69. The van der Waals surface area contributed by atoms with Crippen molar-refractivity contribution in [2.75, 3.05) is 6.54 Å². The first-order valence-electron chi connectivity index (χ1n) is 6.92. The molecule has 2 rings (SSSR count). The molecule has 1 amide bonds. The number of hydrogen-bond donors (Lipinski definition) is 2. The number of nitrogens with one attached hydrogen (secondary N) is 1. The summed E-state index contributed by atoms with van der Waals surface area (Å²) in [5.74, 6) is -0.0146. The van der Waals surface area contributed by atoms with Gasteiger partial charge in [0.2, 0.25) is 5.91 Å². The standard InChI is InChI=1S/C15H21ClN2O.ClH/c16-13-7-3-2-6-12(13)8-11-18-14(19)15(17)9-4-1-5-10-15;/h2-3,6-7H,1,4-5,8-11,17H2,(H,18,19);1H. The van der Waals surface area contributed by atoms with E-state index < -0.39 is 5.54 Å². The van der Waals surface area contributed by atoms with Gasteiger partial charge < -0.3 is 11.1 Å². The maximum absolute atomic E-state index is 12.1. The van der Waals surface area contributed by atoms with Crippen molar-refractivity contribution in [2.24, 2.45) is 5.73 Å². The summed E-state index contributed by atoms with van der Waals surface area (Å²) >= 11 is 6.08. The Morgan fingerprint density at radius 2 is 1.90 bits per heavy atom. The van der Waals surface area contributed by atoms with E-state index in [1.54, 1.807) is 0 Å². The van der Waals surface area contributed by atoms with Gasteiger partial charge in [0.1, 0.15) is 0 Å². The van der Waals surface area contributed by atoms with Gasteiger partial charge in [-0.2, -0.15) is 0 Å². The molecule has 0 unspecified atom stereocenters. The summed E-state index contributed by atoms with van der Waals surface area (Å²) in [5.41, 5.74) is 6.57. The molecule has 1 aliphatic carbocycles. The zero-order valence-corrected chi connectivity index (χ0v) is 13.1. The summed E-state index contributed by atoms with van der Waals surface area (Å²) < 4.78 is 0. The van der Waals surface area contributed by atoms with E-state index in [1.165, 1.54) is 6.42 Å². The predicted molar refractivity (Wildman–Crippen MR) is 85.4 cm³/mol. The maximum Gasteiger partial charge on any atom is 0.240 e. The van der Waals surface area contributed by atoms with E-state index in [0.29, 0.717) is 6.54 Å². The predicted octanol–water partition coefficient (Wildman–Crippen LogP) is 3.08. The Kier molecular flexibility index (Phi) is 6.80. The number of halogens is 2. The molecule has 5 heteroatoms. The molecule has 3 nitrogen and oxygen atoms in total. The van der Waals surface area contributed by atoms with Crippen LogP contribution in [0.25, 0.3) is 0 Å². The number of benzene rings is 1. The monoisotopic (exact) mass is 316 g/mol. The Hall–Kier alpha value is -0.770. The molecule has 1 aliphatic rings. The van der Waals surface area contributed by atoms with Crippen LogP contribution in [0.4, 0.5) is 0 Å². The number of hydrogen-bond acceptors (Lipinski definition) is 2. The molecular formula is C15H22Cl2N2O. The van der Waals surface area contributed by atoms with Crippen molar-refractivity contribution in [2.45, 2.75) is 44.1 Å². The second kappa shape index (κ2) is 7.87. The molecule has 1 fully saturated rings. The third-order valence-corrected chi connectivity index (χ3v) is 4.20. The van der Waals surface area contributed by atoms with Crippen LogP contribution in [-0.2, 0) is 11.2 Å². The third kappa shape index (κ3) is 4.37. The van der Waals surface area contributed by atoms with Crippen LogP contribution in [0.15, 0.2) is 24.3 Å². The lowest BCUT2D eigenvalue weighted by Gasteiger charge is -2.31. The van der Waals surface area contributed by atoms with Crippen molar-refractivity contribution < 1.29 is 4.79 Å². The molecular weight excluding hydrogens is 295 g/mol. The van der Waals surface area contributed by atoms with Gasteiger partial charge in [-0.25, -0.2) is 0 Å². The molecule has 1 aromatic carbocycles. The minimum absolute atomic E-state index is 0. The van der Waals surface area contributed by atoms with Gasteiger partial charge >= 0.3 is 0 Å². The van der Waals surface area contributed by atoms with Gasteiger partial charge in [-0.1, -0.05) is 49.1 Å². The highest BCUT2D eigenvalue weighted by atomic mass is 35.5. The van der Waals surface area contributed by atoms with E-state index in [-0.39, 0.29) is 18.3 Å². The molecule has 0 atom stereocenters. The van der Waals surface area contributed by atoms with Crippen molar-refractivity contribution in [3.05, 3.63) is 34.9 Å². The number of carbonyl (C=O) groups excluding carboxylic acids is 1. The first-order chi connectivity index (χ1) is 9.12. The van der Waals surface area contributed by atoms with E-state index >= 15 is 0 Å². The molecule has 0 spiro atoms. The molecule has 0 aromatic heterocycles. The Bertz CT molecular complexity index is 445. The van der Waals surface area contributed by atoms with Crippen LogP contribution < -0.4 is 11.1 Å². The fourth-order valence-corrected chi connectivity index (χ4v) is 2.83. The summed E-state index contributed by atoms with van der Waals surface area (Å²) in [6.07, 6.45) is 5.62. The zero-order valence-electron chi connectivity index (χ0n) is 11.5. The molecule has 1 aromatic rings. The summed E-state index contributed by atoms with van der Waals surface area (Å²) in [7, 11) is 0. The van der Waals surface area contributed by atoms with Crippen molar-refractivity contribution in [1.82, 2.24) is 5.32 Å². The topological polar surface area (TPSA) is 55.1 Å². The van der Waals surface area contributed by atoms with Gasteiger partial charge in [-0.3, -0.25) is 4.79 Å². The summed E-state index contributed by atoms with van der Waals surface area (Å²) in [6, 6.07) is 7.70. The molecule has 0 heterocycles. The summed E-state index contributed by atoms with van der Waals surface area (Å²) in [6.45, 7) is 0.585. The van der Waals surface area contributed by atoms with Gasteiger partial charge in [0, 0.05) is 11.6 Å². The van der Waals surface area contributed by atoms with Crippen LogP contribution in [0.1, 0.15) is 37.7 Å². The number of rotatable bonds is 4. The van der Waals surface area contributed by atoms with Crippen LogP contribution in [0, 0.1) is 0 Å². The second-order valence-electron chi connectivity index (χ2n) is 5.31. The highest BCUT2D eigenvalue weighted by molar-refractivity contribution is 6.31. The number of nitrogens with two attached hydrogens (primary N) is 1. The third-order valence-electron chi connectivity index (χ3n) is 3.84. The minimum atomic E-state index is -0.654. The van der Waals surface area contributed by atoms with Crippen LogP contribution in [0.2, 0.25) is 5.02 Å². The van der Waals surface area contributed by atoms with Crippen LogP contribution in [0.3, 0.4) is 0 Å². The van der Waals surface area contributed by atoms with E-state index in [0.717, 1.165) is 42.7 Å². The van der Waals surface area contributed by atoms with Crippen molar-refractivity contribution in [1.29, 1.82) is 0 Å². The van der Waals surface area contributed by atoms with Crippen molar-refractivity contribution in [3.8, 4) is 0 Å². The Morgan fingerprint density at radius 3 is 2.55 bits per heavy atom. The molecule has 0 radical (unpaired) electrons. The van der Waals surface area contributed by atoms with Crippen molar-refractivity contribution in [3.63, 3.8) is 0 Å². The molecule has 3 N–H and O–H groups in total. The normalized spacial score (nSPS) is 17.1. The number of carbonyl (C=O) groups is 1. The SMILES string of the molecule is Cl.NC1(C(=O)NCCc2ccccc2Cl)CCCCC1. The average molecular weight is 317 g/mol. The first-order valence-corrected chi connectivity index (χ1v) is 7.30. The lowest BCUT2D eigenvalue weighted by Crippen LogP contribution is -2.55. The van der Waals surface area contributed by atoms with Gasteiger partial charge in [0.25, 0.3) is 0 Å². The van der Waals surface area contributed by atoms with Gasteiger partial charge in [-0.15, -0.1) is 12.4 Å². The van der Waals surface area contributed by atoms with E-state index in [2.05, 4.69) is 5.32 Å². The van der Waals surface area contributed by atoms with E-state index in [1.807, 2.05) is 24.3 Å². The van der Waals surface area contributed by atoms with Gasteiger partial charge in [0.15, 0.2) is 0 Å².